The van der Waals surface area contributed by atoms with E-state index in [1.54, 1.807) is 24.3 Å². The van der Waals surface area contributed by atoms with Gasteiger partial charge in [0.05, 0.1) is 25.1 Å². The number of hydrogen-bond donors (Lipinski definition) is 0. The molecule has 4 rings (SSSR count). The molecule has 0 aliphatic heterocycles. The zero-order valence-electron chi connectivity index (χ0n) is 14.6. The number of fused-ring (bicyclic) bond motifs is 1. The van der Waals surface area contributed by atoms with E-state index in [9.17, 15) is 4.79 Å². The second kappa shape index (κ2) is 7.08. The van der Waals surface area contributed by atoms with Crippen LogP contribution in [0.5, 0.6) is 17.4 Å². The van der Waals surface area contributed by atoms with Crippen LogP contribution in [0.15, 0.2) is 47.8 Å². The van der Waals surface area contributed by atoms with E-state index in [1.807, 2.05) is 42.5 Å². The van der Waals surface area contributed by atoms with Crippen molar-refractivity contribution < 1.29 is 19.0 Å². The van der Waals surface area contributed by atoms with Crippen LogP contribution in [-0.2, 0) is 4.79 Å². The third kappa shape index (κ3) is 3.00. The molecule has 2 heterocycles. The average molecular weight is 381 g/mol. The molecule has 7 nitrogen and oxygen atoms in total. The van der Waals surface area contributed by atoms with Crippen molar-refractivity contribution in [1.29, 1.82) is 0 Å². The van der Waals surface area contributed by atoms with Crippen molar-refractivity contribution in [2.24, 2.45) is 0 Å². The Labute approximate surface area is 158 Å². The van der Waals surface area contributed by atoms with Gasteiger partial charge in [-0.2, -0.15) is 10.1 Å². The lowest BCUT2D eigenvalue weighted by Crippen LogP contribution is -1.97. The number of methoxy groups -OCH3 is 2. The number of ether oxygens (including phenoxy) is 3. The summed E-state index contributed by atoms with van der Waals surface area (Å²) in [4.78, 5) is 14.9. The first-order chi connectivity index (χ1) is 13.2. The number of rotatable bonds is 6. The molecular weight excluding hydrogens is 366 g/mol. The van der Waals surface area contributed by atoms with Crippen LogP contribution in [-0.4, -0.2) is 35.5 Å². The zero-order chi connectivity index (χ0) is 18.8. The van der Waals surface area contributed by atoms with Crippen molar-refractivity contribution in [1.82, 2.24) is 14.8 Å². The van der Waals surface area contributed by atoms with Crippen LogP contribution >= 0.6 is 11.3 Å². The topological polar surface area (TPSA) is 75.5 Å². The first kappa shape index (κ1) is 17.0. The maximum absolute atomic E-state index is 10.6. The van der Waals surface area contributed by atoms with E-state index in [2.05, 4.69) is 4.98 Å². The second-order valence-electron chi connectivity index (χ2n) is 5.53. The van der Waals surface area contributed by atoms with E-state index in [4.69, 9.17) is 19.3 Å². The lowest BCUT2D eigenvalue weighted by atomic mass is 10.1. The molecule has 0 aliphatic carbocycles. The number of benzene rings is 2. The normalized spacial score (nSPS) is 10.7. The number of aromatic nitrogens is 3. The Balaban J connectivity index is 1.98. The van der Waals surface area contributed by atoms with E-state index >= 15 is 0 Å². The van der Waals surface area contributed by atoms with E-state index in [0.29, 0.717) is 23.1 Å². The van der Waals surface area contributed by atoms with Gasteiger partial charge in [0.15, 0.2) is 11.5 Å². The molecule has 2 aromatic heterocycles. The maximum atomic E-state index is 10.6. The molecule has 0 unspecified atom stereocenters. The van der Waals surface area contributed by atoms with Crippen molar-refractivity contribution in [3.63, 3.8) is 0 Å². The summed E-state index contributed by atoms with van der Waals surface area (Å²) in [5.74, 6) is 1.44. The predicted octanol–water partition coefficient (Wildman–Crippen LogP) is 3.70. The Kier molecular flexibility index (Phi) is 4.47. The predicted molar refractivity (Wildman–Crippen MR) is 102 cm³/mol. The maximum Gasteiger partial charge on any atom is 0.299 e. The highest BCUT2D eigenvalue weighted by atomic mass is 32.1. The smallest absolute Gasteiger partial charge is 0.299 e. The molecule has 0 bridgehead atoms. The van der Waals surface area contributed by atoms with Gasteiger partial charge in [-0.15, -0.1) is 0 Å². The Morgan fingerprint density at radius 1 is 1.07 bits per heavy atom. The largest absolute Gasteiger partial charge is 0.493 e. The molecule has 0 amide bonds. The summed E-state index contributed by atoms with van der Waals surface area (Å²) < 4.78 is 17.4. The average Bonchev–Trinajstić information content (AvgIpc) is 3.32. The van der Waals surface area contributed by atoms with Crippen LogP contribution in [0.1, 0.15) is 0 Å². The Morgan fingerprint density at radius 2 is 1.81 bits per heavy atom. The molecule has 136 valence electrons. The summed E-state index contributed by atoms with van der Waals surface area (Å²) in [6, 6.07) is 13.6. The zero-order valence-corrected chi connectivity index (χ0v) is 15.4. The standard InChI is InChI=1S/C19H15N3O4S/c1-24-15-8-13-14(9-16(15)25-2)22(19-20-17(10-27-19)26-11-23)21-18(13)12-6-4-3-5-7-12/h3-11H,1-2H3. The summed E-state index contributed by atoms with van der Waals surface area (Å²) in [6.07, 6.45) is 0. The molecule has 0 saturated heterocycles. The molecule has 0 aliphatic rings. The molecule has 27 heavy (non-hydrogen) atoms. The molecule has 8 heteroatoms. The van der Waals surface area contributed by atoms with Crippen LogP contribution < -0.4 is 14.2 Å². The van der Waals surface area contributed by atoms with E-state index in [0.717, 1.165) is 22.2 Å². The van der Waals surface area contributed by atoms with Crippen LogP contribution in [0.4, 0.5) is 0 Å². The fourth-order valence-electron chi connectivity index (χ4n) is 2.85. The van der Waals surface area contributed by atoms with Gasteiger partial charge in [0.25, 0.3) is 6.47 Å². The highest BCUT2D eigenvalue weighted by molar-refractivity contribution is 7.12. The van der Waals surface area contributed by atoms with Gasteiger partial charge in [-0.25, -0.2) is 4.68 Å². The molecule has 0 fully saturated rings. The first-order valence-corrected chi connectivity index (χ1v) is 8.89. The minimum atomic E-state index is 0.232. The van der Waals surface area contributed by atoms with Crippen molar-refractivity contribution >= 4 is 28.7 Å². The second-order valence-corrected chi connectivity index (χ2v) is 6.37. The highest BCUT2D eigenvalue weighted by Gasteiger charge is 2.19. The van der Waals surface area contributed by atoms with E-state index < -0.39 is 0 Å². The number of nitrogens with zero attached hydrogens (tertiary/aromatic N) is 3. The Morgan fingerprint density at radius 3 is 2.52 bits per heavy atom. The van der Waals surface area contributed by atoms with Crippen LogP contribution in [0.25, 0.3) is 27.3 Å². The molecule has 0 radical (unpaired) electrons. The van der Waals surface area contributed by atoms with Gasteiger partial charge >= 0.3 is 0 Å². The van der Waals surface area contributed by atoms with Gasteiger partial charge in [0.2, 0.25) is 11.0 Å². The summed E-state index contributed by atoms with van der Waals surface area (Å²) in [5.41, 5.74) is 2.56. The van der Waals surface area contributed by atoms with Crippen molar-refractivity contribution in [3.8, 4) is 33.8 Å². The SMILES string of the molecule is COc1cc2c(-c3ccccc3)nn(-c3nc(OC=O)cs3)c2cc1OC. The summed E-state index contributed by atoms with van der Waals surface area (Å²) in [7, 11) is 3.18. The molecule has 2 aromatic carbocycles. The Hall–Kier alpha value is -3.39. The molecule has 0 saturated carbocycles. The van der Waals surface area contributed by atoms with Gasteiger partial charge in [-0.1, -0.05) is 41.7 Å². The molecule has 4 aromatic rings. The minimum absolute atomic E-state index is 0.232. The Bertz CT molecular complexity index is 1110. The van der Waals surface area contributed by atoms with Gasteiger partial charge in [-0.3, -0.25) is 4.79 Å². The van der Waals surface area contributed by atoms with Crippen molar-refractivity contribution in [3.05, 3.63) is 47.8 Å². The number of thiazole rings is 1. The summed E-state index contributed by atoms with van der Waals surface area (Å²) in [6.45, 7) is 0.351. The molecule has 0 atom stereocenters. The minimum Gasteiger partial charge on any atom is -0.493 e. The summed E-state index contributed by atoms with van der Waals surface area (Å²) in [5, 5.41) is 7.89. The number of carbonyl (C=O) groups excluding carboxylic acids is 1. The van der Waals surface area contributed by atoms with Gasteiger partial charge in [-0.05, 0) is 6.07 Å². The lowest BCUT2D eigenvalue weighted by molar-refractivity contribution is -0.120. The van der Waals surface area contributed by atoms with Crippen LogP contribution in [0.3, 0.4) is 0 Å². The van der Waals surface area contributed by atoms with Crippen molar-refractivity contribution in [2.45, 2.75) is 0 Å². The monoisotopic (exact) mass is 381 g/mol. The highest BCUT2D eigenvalue weighted by Crippen LogP contribution is 2.38. The van der Waals surface area contributed by atoms with Gasteiger partial charge in [0.1, 0.15) is 5.69 Å². The third-order valence-electron chi connectivity index (χ3n) is 4.05. The van der Waals surface area contributed by atoms with Gasteiger partial charge in [0, 0.05) is 17.0 Å². The van der Waals surface area contributed by atoms with Crippen LogP contribution in [0, 0.1) is 0 Å². The molecular formula is C19H15N3O4S. The lowest BCUT2D eigenvalue weighted by Gasteiger charge is -2.08. The quantitative estimate of drug-likeness (QED) is 0.474. The van der Waals surface area contributed by atoms with E-state index in [-0.39, 0.29) is 5.88 Å². The van der Waals surface area contributed by atoms with Gasteiger partial charge < -0.3 is 14.2 Å². The molecule has 0 spiro atoms. The first-order valence-electron chi connectivity index (χ1n) is 8.01. The van der Waals surface area contributed by atoms with Crippen molar-refractivity contribution in [2.75, 3.05) is 14.2 Å². The fourth-order valence-corrected chi connectivity index (χ4v) is 3.54. The van der Waals surface area contributed by atoms with E-state index in [1.165, 1.54) is 11.3 Å². The number of hydrogen-bond acceptors (Lipinski definition) is 7. The third-order valence-corrected chi connectivity index (χ3v) is 4.85. The summed E-state index contributed by atoms with van der Waals surface area (Å²) >= 11 is 1.32. The fraction of sp³-hybridized carbons (Fsp3) is 0.105. The molecule has 0 N–H and O–H groups in total. The van der Waals surface area contributed by atoms with Crippen LogP contribution in [0.2, 0.25) is 0 Å². The number of carbonyl (C=O) groups is 1.